The minimum Gasteiger partial charge on any atom is -0.484 e. The Morgan fingerprint density at radius 2 is 1.55 bits per heavy atom. The fraction of sp³-hybridized carbons (Fsp3) is 0.156. The molecule has 0 aromatic heterocycles. The molecule has 0 heterocycles. The third-order valence-corrected chi connectivity index (χ3v) is 8.59. The lowest BCUT2D eigenvalue weighted by molar-refractivity contribution is -0.123. The summed E-state index contributed by atoms with van der Waals surface area (Å²) < 4.78 is 33.5. The van der Waals surface area contributed by atoms with Gasteiger partial charge in [-0.2, -0.15) is 5.10 Å². The van der Waals surface area contributed by atoms with E-state index >= 15 is 0 Å². The van der Waals surface area contributed by atoms with Crippen LogP contribution in [0.3, 0.4) is 0 Å². The molecule has 228 valence electrons. The van der Waals surface area contributed by atoms with Gasteiger partial charge in [-0.05, 0) is 79.6 Å². The molecule has 4 aromatic rings. The quantitative estimate of drug-likeness (QED) is 0.146. The molecular formula is C32H30Cl2N4O5S. The molecular weight excluding hydrogens is 623 g/mol. The van der Waals surface area contributed by atoms with Gasteiger partial charge in [0.25, 0.3) is 21.8 Å². The maximum Gasteiger partial charge on any atom is 0.264 e. The molecule has 0 bridgehead atoms. The van der Waals surface area contributed by atoms with Gasteiger partial charge in [0.2, 0.25) is 0 Å². The Bertz CT molecular complexity index is 1710. The van der Waals surface area contributed by atoms with Crippen molar-refractivity contribution in [2.24, 2.45) is 5.10 Å². The number of carbonyl (C=O) groups excluding carboxylic acids is 2. The van der Waals surface area contributed by atoms with Crippen molar-refractivity contribution in [1.29, 1.82) is 0 Å². The highest BCUT2D eigenvalue weighted by Gasteiger charge is 2.27. The summed E-state index contributed by atoms with van der Waals surface area (Å²) in [5.41, 5.74) is 4.98. The molecule has 0 unspecified atom stereocenters. The van der Waals surface area contributed by atoms with E-state index in [0.717, 1.165) is 15.4 Å². The molecule has 0 saturated carbocycles. The minimum atomic E-state index is -4.15. The van der Waals surface area contributed by atoms with Crippen molar-refractivity contribution in [2.75, 3.05) is 17.5 Å². The van der Waals surface area contributed by atoms with Crippen LogP contribution in [0.25, 0.3) is 0 Å². The van der Waals surface area contributed by atoms with Crippen molar-refractivity contribution >= 4 is 56.9 Å². The summed E-state index contributed by atoms with van der Waals surface area (Å²) in [4.78, 5) is 25.1. The Balaban J connectivity index is 1.35. The lowest BCUT2D eigenvalue weighted by Crippen LogP contribution is -2.39. The number of hydrogen-bond acceptors (Lipinski definition) is 6. The Labute approximate surface area is 266 Å². The van der Waals surface area contributed by atoms with Gasteiger partial charge in [-0.3, -0.25) is 13.9 Å². The summed E-state index contributed by atoms with van der Waals surface area (Å²) in [6.07, 6.45) is 1.39. The highest BCUT2D eigenvalue weighted by molar-refractivity contribution is 7.92. The first-order valence-electron chi connectivity index (χ1n) is 13.5. The van der Waals surface area contributed by atoms with Gasteiger partial charge in [0, 0.05) is 10.0 Å². The number of nitrogens with one attached hydrogen (secondary N) is 2. The van der Waals surface area contributed by atoms with Crippen LogP contribution < -0.4 is 19.8 Å². The number of hydrogen-bond donors (Lipinski definition) is 2. The van der Waals surface area contributed by atoms with E-state index in [1.54, 1.807) is 36.4 Å². The van der Waals surface area contributed by atoms with Crippen molar-refractivity contribution in [3.8, 4) is 5.75 Å². The smallest absolute Gasteiger partial charge is 0.264 e. The van der Waals surface area contributed by atoms with Crippen molar-refractivity contribution in [2.45, 2.75) is 24.8 Å². The third-order valence-electron chi connectivity index (χ3n) is 6.36. The number of hydrazone groups is 1. The first kappa shape index (κ1) is 32.5. The van der Waals surface area contributed by atoms with Crippen LogP contribution in [0.15, 0.2) is 107 Å². The van der Waals surface area contributed by atoms with E-state index in [-0.39, 0.29) is 39.2 Å². The SMILES string of the molecule is Cc1ccc(S(=O)(=O)N(CC(=O)N/N=C\c2ccc(OCC(=O)N[C@H](C)c3ccccc3)cc2)c2cc(Cl)cc(Cl)c2)cc1. The molecule has 0 aliphatic rings. The number of anilines is 1. The molecule has 44 heavy (non-hydrogen) atoms. The van der Waals surface area contributed by atoms with Crippen LogP contribution >= 0.6 is 23.2 Å². The lowest BCUT2D eigenvalue weighted by Gasteiger charge is -2.24. The summed E-state index contributed by atoms with van der Waals surface area (Å²) in [7, 11) is -4.15. The molecule has 4 aromatic carbocycles. The molecule has 0 fully saturated rings. The van der Waals surface area contributed by atoms with Crippen LogP contribution in [-0.2, 0) is 19.6 Å². The number of ether oxygens (including phenoxy) is 1. The minimum absolute atomic E-state index is 0.000922. The second kappa shape index (κ2) is 14.9. The number of benzene rings is 4. The molecule has 0 saturated heterocycles. The van der Waals surface area contributed by atoms with Gasteiger partial charge in [0.1, 0.15) is 12.3 Å². The Hall–Kier alpha value is -4.38. The van der Waals surface area contributed by atoms with Gasteiger partial charge >= 0.3 is 0 Å². The van der Waals surface area contributed by atoms with Gasteiger partial charge in [-0.1, -0.05) is 71.2 Å². The molecule has 1 atom stereocenters. The second-order valence-corrected chi connectivity index (χ2v) is 12.5. The second-order valence-electron chi connectivity index (χ2n) is 9.80. The fourth-order valence-electron chi connectivity index (χ4n) is 4.09. The van der Waals surface area contributed by atoms with Crippen molar-refractivity contribution in [3.05, 3.63) is 124 Å². The van der Waals surface area contributed by atoms with Gasteiger partial charge in [0.15, 0.2) is 6.61 Å². The molecule has 0 aliphatic heterocycles. The van der Waals surface area contributed by atoms with Crippen molar-refractivity contribution < 1.29 is 22.7 Å². The molecule has 2 N–H and O–H groups in total. The van der Waals surface area contributed by atoms with Crippen LogP contribution in [0.2, 0.25) is 10.0 Å². The van der Waals surface area contributed by atoms with E-state index in [1.165, 1.54) is 36.5 Å². The number of carbonyl (C=O) groups is 2. The lowest BCUT2D eigenvalue weighted by atomic mass is 10.1. The maximum absolute atomic E-state index is 13.5. The zero-order valence-electron chi connectivity index (χ0n) is 23.9. The van der Waals surface area contributed by atoms with Crippen LogP contribution in [0.5, 0.6) is 5.75 Å². The first-order chi connectivity index (χ1) is 21.0. The van der Waals surface area contributed by atoms with Gasteiger partial charge < -0.3 is 10.1 Å². The van der Waals surface area contributed by atoms with Crippen LogP contribution in [0.1, 0.15) is 29.7 Å². The highest BCUT2D eigenvalue weighted by atomic mass is 35.5. The van der Waals surface area contributed by atoms with E-state index in [9.17, 15) is 18.0 Å². The predicted molar refractivity (Wildman–Crippen MR) is 173 cm³/mol. The third kappa shape index (κ3) is 9.06. The van der Waals surface area contributed by atoms with E-state index in [1.807, 2.05) is 44.2 Å². The molecule has 4 rings (SSSR count). The normalized spacial score (nSPS) is 12.0. The topological polar surface area (TPSA) is 117 Å². The molecule has 0 radical (unpaired) electrons. The molecule has 0 aliphatic carbocycles. The zero-order valence-corrected chi connectivity index (χ0v) is 26.2. The van der Waals surface area contributed by atoms with Crippen LogP contribution in [0, 0.1) is 6.92 Å². The average molecular weight is 654 g/mol. The Morgan fingerprint density at radius 1 is 0.909 bits per heavy atom. The van der Waals surface area contributed by atoms with E-state index in [2.05, 4.69) is 15.8 Å². The standard InChI is InChI=1S/C32H30Cl2N4O5S/c1-22-8-14-30(15-9-22)44(41,42)38(28-17-26(33)16-27(34)18-28)20-31(39)37-35-19-24-10-12-29(13-11-24)43-21-32(40)36-23(2)25-6-4-3-5-7-25/h3-19,23H,20-21H2,1-2H3,(H,36,40)(H,37,39)/b35-19-/t23-/m1/s1. The van der Waals surface area contributed by atoms with Crippen LogP contribution in [-0.4, -0.2) is 39.6 Å². The van der Waals surface area contributed by atoms with E-state index < -0.39 is 22.5 Å². The van der Waals surface area contributed by atoms with Gasteiger partial charge in [-0.15, -0.1) is 0 Å². The number of halogens is 2. The fourth-order valence-corrected chi connectivity index (χ4v) is 6.01. The zero-order chi connectivity index (χ0) is 31.7. The Kier molecular flexibility index (Phi) is 11.0. The van der Waals surface area contributed by atoms with E-state index in [0.29, 0.717) is 11.3 Å². The first-order valence-corrected chi connectivity index (χ1v) is 15.7. The number of aryl methyl sites for hydroxylation is 1. The largest absolute Gasteiger partial charge is 0.484 e. The maximum atomic E-state index is 13.5. The summed E-state index contributed by atoms with van der Waals surface area (Å²) in [5, 5.41) is 7.26. The van der Waals surface area contributed by atoms with Gasteiger partial charge in [-0.25, -0.2) is 13.8 Å². The highest BCUT2D eigenvalue weighted by Crippen LogP contribution is 2.29. The summed E-state index contributed by atoms with van der Waals surface area (Å²) in [6.45, 7) is 3.00. The Morgan fingerprint density at radius 3 is 2.18 bits per heavy atom. The van der Waals surface area contributed by atoms with Crippen molar-refractivity contribution in [1.82, 2.24) is 10.7 Å². The molecule has 0 spiro atoms. The molecule has 12 heteroatoms. The molecule has 9 nitrogen and oxygen atoms in total. The number of rotatable bonds is 12. The van der Waals surface area contributed by atoms with Crippen molar-refractivity contribution in [3.63, 3.8) is 0 Å². The number of amides is 2. The monoisotopic (exact) mass is 652 g/mol. The predicted octanol–water partition coefficient (Wildman–Crippen LogP) is 5.90. The van der Waals surface area contributed by atoms with E-state index in [4.69, 9.17) is 27.9 Å². The van der Waals surface area contributed by atoms with Gasteiger partial charge in [0.05, 0.1) is 22.8 Å². The number of sulfonamides is 1. The molecule has 2 amide bonds. The summed E-state index contributed by atoms with van der Waals surface area (Å²) >= 11 is 12.3. The number of nitrogens with zero attached hydrogens (tertiary/aromatic N) is 2. The summed E-state index contributed by atoms with van der Waals surface area (Å²) in [5.74, 6) is -0.470. The summed E-state index contributed by atoms with van der Waals surface area (Å²) in [6, 6.07) is 26.7. The average Bonchev–Trinajstić information content (AvgIpc) is 2.99. The van der Waals surface area contributed by atoms with Crippen LogP contribution in [0.4, 0.5) is 5.69 Å².